The third kappa shape index (κ3) is 7.56. The Hall–Kier alpha value is -3.76. The van der Waals surface area contributed by atoms with Crippen molar-refractivity contribution >= 4 is 28.7 Å². The maximum absolute atomic E-state index is 13.6. The number of carboxylic acid groups (broad SMARTS) is 1. The molecule has 10 heteroatoms. The Balaban J connectivity index is 1.07. The molecule has 0 bridgehead atoms. The number of fused-ring (bicyclic) bond motifs is 1. The summed E-state index contributed by atoms with van der Waals surface area (Å²) in [5, 5.41) is 14.0. The van der Waals surface area contributed by atoms with Crippen LogP contribution in [0.4, 0.5) is 10.6 Å². The van der Waals surface area contributed by atoms with Gasteiger partial charge in [-0.3, -0.25) is 4.79 Å². The molecule has 3 aliphatic rings. The van der Waals surface area contributed by atoms with Crippen LogP contribution in [0.5, 0.6) is 0 Å². The van der Waals surface area contributed by atoms with Crippen molar-refractivity contribution in [2.75, 3.05) is 71.4 Å². The Morgan fingerprint density at radius 1 is 0.889 bits per heavy atom. The van der Waals surface area contributed by atoms with Crippen LogP contribution in [-0.2, 0) is 0 Å². The molecule has 1 aliphatic carbocycles. The molecule has 10 nitrogen and oxygen atoms in total. The van der Waals surface area contributed by atoms with Crippen molar-refractivity contribution in [2.45, 2.75) is 44.6 Å². The minimum atomic E-state index is -0.787. The lowest BCUT2D eigenvalue weighted by molar-refractivity contribution is 0.0784. The van der Waals surface area contributed by atoms with E-state index in [0.717, 1.165) is 106 Å². The summed E-state index contributed by atoms with van der Waals surface area (Å²) in [6.45, 7) is 7.13. The van der Waals surface area contributed by atoms with Gasteiger partial charge in [0.05, 0.1) is 16.8 Å². The molecule has 240 valence electrons. The number of nitrogens with zero attached hydrogens (tertiary/aromatic N) is 6. The van der Waals surface area contributed by atoms with Gasteiger partial charge in [0.2, 0.25) is 0 Å². The second-order valence-electron chi connectivity index (χ2n) is 13.3. The smallest absolute Gasteiger partial charge is 0.407 e. The summed E-state index contributed by atoms with van der Waals surface area (Å²) in [4.78, 5) is 43.9. The van der Waals surface area contributed by atoms with Crippen LogP contribution in [-0.4, -0.2) is 114 Å². The predicted molar refractivity (Wildman–Crippen MR) is 178 cm³/mol. The molecule has 2 aromatic heterocycles. The lowest BCUT2D eigenvalue weighted by atomic mass is 9.81. The number of carbonyl (C=O) groups excluding carboxylic acids is 1. The lowest BCUT2D eigenvalue weighted by Crippen LogP contribution is -2.48. The molecular formula is C35H47N7O3. The fourth-order valence-corrected chi connectivity index (χ4v) is 7.19. The number of aromatic nitrogens is 2. The number of carbonyl (C=O) groups is 2. The minimum Gasteiger partial charge on any atom is -0.465 e. The first kappa shape index (κ1) is 31.2. The maximum Gasteiger partial charge on any atom is 0.407 e. The molecule has 2 N–H and O–H groups in total. The van der Waals surface area contributed by atoms with Crippen molar-refractivity contribution in [1.29, 1.82) is 0 Å². The highest BCUT2D eigenvalue weighted by Gasteiger charge is 2.31. The number of para-hydroxylation sites is 1. The molecule has 0 unspecified atom stereocenters. The summed E-state index contributed by atoms with van der Waals surface area (Å²) >= 11 is 0. The molecule has 0 atom stereocenters. The molecule has 3 fully saturated rings. The van der Waals surface area contributed by atoms with Crippen molar-refractivity contribution in [3.63, 3.8) is 0 Å². The van der Waals surface area contributed by atoms with Crippen LogP contribution in [0.3, 0.4) is 0 Å². The van der Waals surface area contributed by atoms with Crippen LogP contribution >= 0.6 is 0 Å². The van der Waals surface area contributed by atoms with Crippen LogP contribution in [0, 0.1) is 11.8 Å². The molecule has 0 radical (unpaired) electrons. The zero-order valence-electron chi connectivity index (χ0n) is 26.7. The first-order valence-corrected chi connectivity index (χ1v) is 16.6. The lowest BCUT2D eigenvalue weighted by Gasteiger charge is -2.38. The number of piperidine rings is 1. The molecule has 2 aliphatic heterocycles. The Morgan fingerprint density at radius 2 is 1.58 bits per heavy atom. The van der Waals surface area contributed by atoms with Gasteiger partial charge in [-0.15, -0.1) is 0 Å². The number of hydrogen-bond donors (Lipinski definition) is 2. The Kier molecular flexibility index (Phi) is 9.80. The molecular weight excluding hydrogens is 566 g/mol. The van der Waals surface area contributed by atoms with Gasteiger partial charge in [-0.05, 0) is 102 Å². The average Bonchev–Trinajstić information content (AvgIpc) is 3.07. The van der Waals surface area contributed by atoms with Crippen molar-refractivity contribution in [1.82, 2.24) is 30.0 Å². The van der Waals surface area contributed by atoms with Gasteiger partial charge in [-0.1, -0.05) is 18.2 Å². The zero-order valence-corrected chi connectivity index (χ0v) is 26.7. The summed E-state index contributed by atoms with van der Waals surface area (Å²) < 4.78 is 0. The van der Waals surface area contributed by atoms with Crippen LogP contribution in [0.1, 0.15) is 48.9 Å². The molecule has 6 rings (SSSR count). The number of amides is 2. The van der Waals surface area contributed by atoms with Gasteiger partial charge >= 0.3 is 6.09 Å². The number of hydrogen-bond acceptors (Lipinski definition) is 7. The quantitative estimate of drug-likeness (QED) is 0.378. The molecule has 3 aromatic rings. The van der Waals surface area contributed by atoms with Gasteiger partial charge < -0.3 is 30.0 Å². The van der Waals surface area contributed by atoms with Crippen LogP contribution in [0.2, 0.25) is 0 Å². The van der Waals surface area contributed by atoms with E-state index in [2.05, 4.69) is 46.2 Å². The largest absolute Gasteiger partial charge is 0.465 e. The standard InChI is InChI=1S/C35H47N7O3/c1-39-15-13-28(14-16-39)42(35(44)45)24-26-9-7-25(8-10-26)22-37-34(43)30-21-32(38-31-6-4-3-5-29(30)31)27-11-12-33(36-23-27)41-19-17-40(2)18-20-41/h3-6,11-12,21,23,25-26,28H,7-10,13-20,22,24H2,1-2H3,(H,37,43)(H,44,45)/t25-,26-. The first-order valence-electron chi connectivity index (χ1n) is 16.6. The van der Waals surface area contributed by atoms with Gasteiger partial charge in [-0.25, -0.2) is 14.8 Å². The maximum atomic E-state index is 13.6. The van der Waals surface area contributed by atoms with E-state index in [-0.39, 0.29) is 11.9 Å². The van der Waals surface area contributed by atoms with Gasteiger partial charge in [-0.2, -0.15) is 0 Å². The third-order valence-electron chi connectivity index (χ3n) is 10.2. The number of likely N-dealkylation sites (N-methyl/N-ethyl adjacent to an activating group) is 1. The number of nitrogens with one attached hydrogen (secondary N) is 1. The Morgan fingerprint density at radius 3 is 2.27 bits per heavy atom. The first-order chi connectivity index (χ1) is 21.8. The fourth-order valence-electron chi connectivity index (χ4n) is 7.19. The second kappa shape index (κ2) is 14.1. The molecule has 1 saturated carbocycles. The highest BCUT2D eigenvalue weighted by atomic mass is 16.4. The highest BCUT2D eigenvalue weighted by molar-refractivity contribution is 6.07. The summed E-state index contributed by atoms with van der Waals surface area (Å²) in [7, 11) is 4.25. The highest BCUT2D eigenvalue weighted by Crippen LogP contribution is 2.31. The van der Waals surface area contributed by atoms with E-state index in [0.29, 0.717) is 30.5 Å². The number of anilines is 1. The molecule has 2 saturated heterocycles. The van der Waals surface area contributed by atoms with Crippen molar-refractivity contribution in [3.05, 3.63) is 54.2 Å². The van der Waals surface area contributed by atoms with Crippen LogP contribution in [0.25, 0.3) is 22.2 Å². The summed E-state index contributed by atoms with van der Waals surface area (Å²) in [5.74, 6) is 1.66. The van der Waals surface area contributed by atoms with E-state index in [1.807, 2.05) is 36.5 Å². The Labute approximate surface area is 266 Å². The fraction of sp³-hybridized carbons (Fsp3) is 0.543. The van der Waals surface area contributed by atoms with Gasteiger partial charge in [0.15, 0.2) is 0 Å². The van der Waals surface area contributed by atoms with E-state index < -0.39 is 6.09 Å². The van der Waals surface area contributed by atoms with E-state index in [1.165, 1.54) is 0 Å². The SMILES string of the molecule is CN1CCC(N(C[C@H]2CC[C@H](CNC(=O)c3cc(-c4ccc(N5CCN(C)CC5)nc4)nc4ccccc34)CC2)C(=O)O)CC1. The molecule has 1 aromatic carbocycles. The van der Waals surface area contributed by atoms with E-state index in [9.17, 15) is 14.7 Å². The van der Waals surface area contributed by atoms with Crippen molar-refractivity contribution in [2.24, 2.45) is 11.8 Å². The summed E-state index contributed by atoms with van der Waals surface area (Å²) in [5.41, 5.74) is 3.05. The molecule has 45 heavy (non-hydrogen) atoms. The zero-order chi connectivity index (χ0) is 31.3. The number of rotatable bonds is 8. The van der Waals surface area contributed by atoms with E-state index >= 15 is 0 Å². The molecule has 2 amide bonds. The third-order valence-corrected chi connectivity index (χ3v) is 10.2. The van der Waals surface area contributed by atoms with E-state index in [4.69, 9.17) is 9.97 Å². The topological polar surface area (TPSA) is 105 Å². The normalized spacial score (nSPS) is 22.0. The number of pyridine rings is 2. The average molecular weight is 614 g/mol. The van der Waals surface area contributed by atoms with Gasteiger partial charge in [0.1, 0.15) is 5.82 Å². The summed E-state index contributed by atoms with van der Waals surface area (Å²) in [6.07, 6.45) is 6.89. The van der Waals surface area contributed by atoms with Crippen LogP contribution < -0.4 is 10.2 Å². The van der Waals surface area contributed by atoms with Crippen molar-refractivity contribution in [3.8, 4) is 11.3 Å². The summed E-state index contributed by atoms with van der Waals surface area (Å²) in [6, 6.07) is 13.9. The Bertz CT molecular complexity index is 1460. The van der Waals surface area contributed by atoms with Crippen LogP contribution in [0.15, 0.2) is 48.7 Å². The molecule has 4 heterocycles. The second-order valence-corrected chi connectivity index (χ2v) is 13.3. The number of piperazine rings is 1. The minimum absolute atomic E-state index is 0.0849. The van der Waals surface area contributed by atoms with Gasteiger partial charge in [0, 0.05) is 62.5 Å². The molecule has 0 spiro atoms. The number of likely N-dealkylation sites (tertiary alicyclic amines) is 1. The van der Waals surface area contributed by atoms with Crippen molar-refractivity contribution < 1.29 is 14.7 Å². The number of benzene rings is 1. The monoisotopic (exact) mass is 613 g/mol. The van der Waals surface area contributed by atoms with Gasteiger partial charge in [0.25, 0.3) is 5.91 Å². The predicted octanol–water partition coefficient (Wildman–Crippen LogP) is 4.66. The van der Waals surface area contributed by atoms with E-state index in [1.54, 1.807) is 4.90 Å².